The van der Waals surface area contributed by atoms with Gasteiger partial charge < -0.3 is 10.6 Å². The summed E-state index contributed by atoms with van der Waals surface area (Å²) in [6.45, 7) is 2.14. The molecule has 0 unspecified atom stereocenters. The maximum atomic E-state index is 13.3. The summed E-state index contributed by atoms with van der Waals surface area (Å²) >= 11 is 0. The molecule has 0 aromatic carbocycles. The first kappa shape index (κ1) is 25.8. The van der Waals surface area contributed by atoms with Gasteiger partial charge in [-0.05, 0) is 80.9 Å². The monoisotopic (exact) mass is 543 g/mol. The van der Waals surface area contributed by atoms with E-state index >= 15 is 0 Å². The number of imidazole rings is 1. The average Bonchev–Trinajstić information content (AvgIpc) is 3.83. The van der Waals surface area contributed by atoms with Crippen LogP contribution in [0.2, 0.25) is 0 Å². The van der Waals surface area contributed by atoms with E-state index in [0.717, 1.165) is 25.7 Å². The molecule has 208 valence electrons. The maximum Gasteiger partial charge on any atom is 0.393 e. The summed E-state index contributed by atoms with van der Waals surface area (Å²) < 4.78 is 43.1. The summed E-state index contributed by atoms with van der Waals surface area (Å²) in [5.74, 6) is -1.54. The molecule has 2 aliphatic carbocycles. The van der Waals surface area contributed by atoms with Crippen molar-refractivity contribution in [2.45, 2.75) is 64.2 Å². The van der Waals surface area contributed by atoms with E-state index in [9.17, 15) is 22.8 Å². The molecule has 1 saturated heterocycles. The lowest BCUT2D eigenvalue weighted by Gasteiger charge is -2.30. The fraction of sp³-hybridized carbons (Fsp3) is 0.593. The summed E-state index contributed by atoms with van der Waals surface area (Å²) in [5, 5.41) is 14.3. The maximum absolute atomic E-state index is 13.3. The van der Waals surface area contributed by atoms with Crippen LogP contribution in [-0.2, 0) is 17.8 Å². The zero-order valence-electron chi connectivity index (χ0n) is 21.7. The van der Waals surface area contributed by atoms with Crippen molar-refractivity contribution in [2.24, 2.45) is 29.6 Å². The number of carbonyl (C=O) groups is 2. The lowest BCUT2D eigenvalue weighted by Crippen LogP contribution is -2.47. The predicted octanol–water partition coefficient (Wildman–Crippen LogP) is 3.71. The Morgan fingerprint density at radius 1 is 1.21 bits per heavy atom. The van der Waals surface area contributed by atoms with Gasteiger partial charge in [0.15, 0.2) is 5.65 Å². The molecule has 1 aliphatic heterocycles. The van der Waals surface area contributed by atoms with Gasteiger partial charge in [0.2, 0.25) is 5.91 Å². The van der Waals surface area contributed by atoms with Gasteiger partial charge in [0, 0.05) is 25.2 Å². The number of halogens is 3. The van der Waals surface area contributed by atoms with Crippen LogP contribution in [-0.4, -0.2) is 48.9 Å². The lowest BCUT2D eigenvalue weighted by atomic mass is 9.85. The van der Waals surface area contributed by atoms with E-state index in [1.165, 1.54) is 0 Å². The number of nitrogens with one attached hydrogen (secondary N) is 2. The molecule has 0 bridgehead atoms. The van der Waals surface area contributed by atoms with E-state index < -0.39 is 18.0 Å². The number of hydrogen-bond donors (Lipinski definition) is 2. The van der Waals surface area contributed by atoms with E-state index in [-0.39, 0.29) is 43.2 Å². The Labute approximate surface area is 223 Å². The number of aromatic nitrogens is 5. The average molecular weight is 544 g/mol. The molecule has 12 heteroatoms. The molecule has 3 fully saturated rings. The van der Waals surface area contributed by atoms with Crippen LogP contribution >= 0.6 is 0 Å². The Morgan fingerprint density at radius 2 is 1.95 bits per heavy atom. The van der Waals surface area contributed by atoms with E-state index in [1.54, 1.807) is 33.7 Å². The molecule has 3 aromatic heterocycles. The summed E-state index contributed by atoms with van der Waals surface area (Å²) in [4.78, 5) is 30.5. The SMILES string of the molecule is CCn1nccc1C(=O)N[C@H](c1cn2ncc(C[C@@H]3C[C@@H](C(F)(F)F)CNC3=O)cc2n1)C(C1CC1)C1CC1. The molecular weight excluding hydrogens is 511 g/mol. The van der Waals surface area contributed by atoms with Gasteiger partial charge >= 0.3 is 6.18 Å². The fourth-order valence-electron chi connectivity index (χ4n) is 6.06. The van der Waals surface area contributed by atoms with Crippen LogP contribution in [0, 0.1) is 29.6 Å². The highest BCUT2D eigenvalue weighted by atomic mass is 19.4. The summed E-state index contributed by atoms with van der Waals surface area (Å²) in [6, 6.07) is 3.19. The van der Waals surface area contributed by atoms with Gasteiger partial charge in [-0.2, -0.15) is 23.4 Å². The number of amides is 2. The van der Waals surface area contributed by atoms with Crippen molar-refractivity contribution in [3.05, 3.63) is 47.7 Å². The van der Waals surface area contributed by atoms with Crippen molar-refractivity contribution in [3.8, 4) is 0 Å². The zero-order chi connectivity index (χ0) is 27.3. The van der Waals surface area contributed by atoms with Gasteiger partial charge in [-0.15, -0.1) is 0 Å². The van der Waals surface area contributed by atoms with Crippen LogP contribution in [0.15, 0.2) is 30.7 Å². The molecular formula is C27H32F3N7O2. The van der Waals surface area contributed by atoms with Crippen molar-refractivity contribution >= 4 is 17.5 Å². The van der Waals surface area contributed by atoms with Gasteiger partial charge in [-0.25, -0.2) is 9.50 Å². The summed E-state index contributed by atoms with van der Waals surface area (Å²) in [5.41, 5.74) is 2.40. The lowest BCUT2D eigenvalue weighted by molar-refractivity contribution is -0.183. The third-order valence-electron chi connectivity index (χ3n) is 8.37. The number of carbonyl (C=O) groups excluding carboxylic acids is 2. The molecule has 39 heavy (non-hydrogen) atoms. The van der Waals surface area contributed by atoms with Crippen LogP contribution in [0.4, 0.5) is 13.2 Å². The number of alkyl halides is 3. The topological polar surface area (TPSA) is 106 Å². The second kappa shape index (κ2) is 9.95. The van der Waals surface area contributed by atoms with Crippen molar-refractivity contribution in [1.82, 2.24) is 35.0 Å². The van der Waals surface area contributed by atoms with Crippen LogP contribution in [0.1, 0.15) is 66.8 Å². The van der Waals surface area contributed by atoms with Gasteiger partial charge in [-0.3, -0.25) is 14.3 Å². The number of piperidine rings is 1. The van der Waals surface area contributed by atoms with Crippen molar-refractivity contribution < 1.29 is 22.8 Å². The highest BCUT2D eigenvalue weighted by molar-refractivity contribution is 5.92. The Hall–Kier alpha value is -3.44. The zero-order valence-corrected chi connectivity index (χ0v) is 21.7. The van der Waals surface area contributed by atoms with Crippen LogP contribution < -0.4 is 10.6 Å². The second-order valence-corrected chi connectivity index (χ2v) is 11.2. The Bertz CT molecular complexity index is 1360. The first-order chi connectivity index (χ1) is 18.7. The Balaban J connectivity index is 1.26. The minimum absolute atomic E-state index is 0.151. The Kier molecular flexibility index (Phi) is 6.58. The van der Waals surface area contributed by atoms with E-state index in [2.05, 4.69) is 20.8 Å². The third-order valence-corrected chi connectivity index (χ3v) is 8.37. The molecule has 0 radical (unpaired) electrons. The quantitative estimate of drug-likeness (QED) is 0.428. The molecule has 2 saturated carbocycles. The normalized spacial score (nSPS) is 22.7. The van der Waals surface area contributed by atoms with Crippen molar-refractivity contribution in [2.75, 3.05) is 6.54 Å². The minimum Gasteiger partial charge on any atom is -0.355 e. The smallest absolute Gasteiger partial charge is 0.355 e. The molecule has 0 spiro atoms. The number of aryl methyl sites for hydroxylation is 1. The van der Waals surface area contributed by atoms with E-state index in [1.807, 2.05) is 13.1 Å². The van der Waals surface area contributed by atoms with Crippen LogP contribution in [0.5, 0.6) is 0 Å². The molecule has 6 rings (SSSR count). The fourth-order valence-corrected chi connectivity index (χ4v) is 6.06. The second-order valence-electron chi connectivity index (χ2n) is 11.2. The molecule has 4 heterocycles. The van der Waals surface area contributed by atoms with Gasteiger partial charge in [-0.1, -0.05) is 0 Å². The number of nitrogens with zero attached hydrogens (tertiary/aromatic N) is 5. The first-order valence-electron chi connectivity index (χ1n) is 13.7. The highest BCUT2D eigenvalue weighted by Crippen LogP contribution is 2.54. The molecule has 3 aromatic rings. The third kappa shape index (κ3) is 5.38. The van der Waals surface area contributed by atoms with E-state index in [0.29, 0.717) is 41.0 Å². The largest absolute Gasteiger partial charge is 0.393 e. The van der Waals surface area contributed by atoms with Gasteiger partial charge in [0.05, 0.1) is 30.0 Å². The number of fused-ring (bicyclic) bond motifs is 1. The minimum atomic E-state index is -4.35. The molecule has 2 N–H and O–H groups in total. The van der Waals surface area contributed by atoms with Crippen molar-refractivity contribution in [1.29, 1.82) is 0 Å². The predicted molar refractivity (Wildman–Crippen MR) is 134 cm³/mol. The molecule has 3 atom stereocenters. The Morgan fingerprint density at radius 3 is 2.62 bits per heavy atom. The highest BCUT2D eigenvalue weighted by Gasteiger charge is 2.47. The van der Waals surface area contributed by atoms with Crippen LogP contribution in [0.3, 0.4) is 0 Å². The van der Waals surface area contributed by atoms with E-state index in [4.69, 9.17) is 4.98 Å². The number of hydrogen-bond acceptors (Lipinski definition) is 5. The summed E-state index contributed by atoms with van der Waals surface area (Å²) in [7, 11) is 0. The summed E-state index contributed by atoms with van der Waals surface area (Å²) in [6.07, 6.45) is 5.13. The molecule has 2 amide bonds. The van der Waals surface area contributed by atoms with Gasteiger partial charge in [0.1, 0.15) is 5.69 Å². The first-order valence-corrected chi connectivity index (χ1v) is 13.7. The van der Waals surface area contributed by atoms with Crippen molar-refractivity contribution in [3.63, 3.8) is 0 Å². The standard InChI is InChI=1S/C27H32F3N7O2/c1-2-36-21(7-8-32-36)26(39)35-24(23(16-3-4-16)17-5-6-17)20-14-37-22(34-20)10-15(12-33-37)9-18-11-19(27(28,29)30)13-31-25(18)38/h7-8,10,12,14,16-19,23-24H,2-6,9,11,13H2,1H3,(H,31,38)(H,35,39)/t18-,19-,24-/m1/s1. The van der Waals surface area contributed by atoms with Gasteiger partial charge in [0.25, 0.3) is 5.91 Å². The number of rotatable bonds is 9. The van der Waals surface area contributed by atoms with Crippen LogP contribution in [0.25, 0.3) is 5.65 Å². The molecule has 3 aliphatic rings. The molecule has 9 nitrogen and oxygen atoms in total.